The Balaban J connectivity index is 1.83. The molecule has 2 aromatic heterocycles. The highest BCUT2D eigenvalue weighted by atomic mass is 16.6. The highest BCUT2D eigenvalue weighted by Gasteiger charge is 2.30. The lowest BCUT2D eigenvalue weighted by Crippen LogP contribution is -2.39. The second kappa shape index (κ2) is 6.34. The molecule has 1 aliphatic heterocycles. The van der Waals surface area contributed by atoms with Crippen LogP contribution in [0.25, 0.3) is 10.9 Å². The summed E-state index contributed by atoms with van der Waals surface area (Å²) in [6.45, 7) is 4.83. The molecule has 0 bridgehead atoms. The quantitative estimate of drug-likeness (QED) is 0.581. The predicted molar refractivity (Wildman–Crippen MR) is 92.6 cm³/mol. The monoisotopic (exact) mass is 341 g/mol. The molecule has 0 aliphatic carbocycles. The van der Waals surface area contributed by atoms with E-state index >= 15 is 0 Å². The van der Waals surface area contributed by atoms with Crippen LogP contribution in [0.3, 0.4) is 0 Å². The highest BCUT2D eigenvalue weighted by Crippen LogP contribution is 2.36. The number of aromatic nitrogens is 1. The van der Waals surface area contributed by atoms with Gasteiger partial charge in [-0.15, -0.1) is 0 Å². The van der Waals surface area contributed by atoms with Crippen LogP contribution in [0.1, 0.15) is 22.9 Å². The molecule has 0 amide bonds. The number of hydrogen-bond donors (Lipinski definition) is 1. The number of aromatic amines is 1. The Morgan fingerprint density at radius 1 is 1.24 bits per heavy atom. The van der Waals surface area contributed by atoms with Crippen LogP contribution < -0.4 is 0 Å². The van der Waals surface area contributed by atoms with Gasteiger partial charge in [0.2, 0.25) is 0 Å². The van der Waals surface area contributed by atoms with E-state index in [1.54, 1.807) is 6.07 Å². The van der Waals surface area contributed by atoms with Crippen LogP contribution in [0.2, 0.25) is 0 Å². The first-order valence-electron chi connectivity index (χ1n) is 8.27. The van der Waals surface area contributed by atoms with E-state index in [4.69, 9.17) is 9.15 Å². The molecule has 1 aliphatic rings. The molecule has 25 heavy (non-hydrogen) atoms. The molecule has 1 saturated heterocycles. The fraction of sp³-hybridized carbons (Fsp3) is 0.333. The minimum atomic E-state index is -0.501. The number of rotatable bonds is 4. The molecule has 1 N–H and O–H groups in total. The van der Waals surface area contributed by atoms with Crippen LogP contribution in [0.5, 0.6) is 0 Å². The average Bonchev–Trinajstić information content (AvgIpc) is 3.25. The maximum atomic E-state index is 11.0. The molecule has 7 nitrogen and oxygen atoms in total. The summed E-state index contributed by atoms with van der Waals surface area (Å²) in [5, 5.41) is 12.1. The number of aryl methyl sites for hydroxylation is 1. The summed E-state index contributed by atoms with van der Waals surface area (Å²) in [6, 6.07) is 9.09. The number of furan rings is 1. The van der Waals surface area contributed by atoms with Gasteiger partial charge in [-0.05, 0) is 18.6 Å². The normalized spacial score (nSPS) is 17.0. The Labute approximate surface area is 144 Å². The number of nitrogens with zero attached hydrogens (tertiary/aromatic N) is 2. The van der Waals surface area contributed by atoms with Gasteiger partial charge in [-0.1, -0.05) is 18.2 Å². The number of H-pyrrole nitrogens is 1. The number of morpholine rings is 1. The third-order valence-electron chi connectivity index (χ3n) is 4.72. The largest absolute Gasteiger partial charge is 0.433 e. The van der Waals surface area contributed by atoms with Crippen molar-refractivity contribution < 1.29 is 14.1 Å². The zero-order chi connectivity index (χ0) is 17.4. The van der Waals surface area contributed by atoms with E-state index in [-0.39, 0.29) is 11.9 Å². The summed E-state index contributed by atoms with van der Waals surface area (Å²) in [6.07, 6.45) is 1.98. The first kappa shape index (κ1) is 15.9. The molecule has 1 aromatic carbocycles. The van der Waals surface area contributed by atoms with Gasteiger partial charge in [0.25, 0.3) is 0 Å². The minimum absolute atomic E-state index is 0.187. The number of benzene rings is 1. The Morgan fingerprint density at radius 2 is 2.04 bits per heavy atom. The zero-order valence-corrected chi connectivity index (χ0v) is 13.9. The van der Waals surface area contributed by atoms with E-state index in [2.05, 4.69) is 28.9 Å². The number of nitrogens with one attached hydrogen (secondary N) is 1. The second-order valence-electron chi connectivity index (χ2n) is 6.23. The molecule has 3 aromatic rings. The van der Waals surface area contributed by atoms with Crippen molar-refractivity contribution in [1.82, 2.24) is 9.88 Å². The third-order valence-corrected chi connectivity index (χ3v) is 4.72. The topological polar surface area (TPSA) is 84.5 Å². The number of nitro groups is 1. The van der Waals surface area contributed by atoms with E-state index in [0.717, 1.165) is 35.1 Å². The van der Waals surface area contributed by atoms with Gasteiger partial charge < -0.3 is 14.1 Å². The maximum Gasteiger partial charge on any atom is 0.433 e. The number of hydrogen-bond acceptors (Lipinski definition) is 5. The predicted octanol–water partition coefficient (Wildman–Crippen LogP) is 3.40. The molecule has 1 fully saturated rings. The van der Waals surface area contributed by atoms with Crippen molar-refractivity contribution in [3.63, 3.8) is 0 Å². The Kier molecular flexibility index (Phi) is 4.03. The van der Waals surface area contributed by atoms with Crippen LogP contribution in [0.4, 0.5) is 5.88 Å². The van der Waals surface area contributed by atoms with Gasteiger partial charge in [0.15, 0.2) is 0 Å². The highest BCUT2D eigenvalue weighted by molar-refractivity contribution is 5.86. The minimum Gasteiger partial charge on any atom is -0.404 e. The standard InChI is InChI=1S/C18H19N3O4/c1-12-3-2-4-13-14(11-19-17(12)13)18(20-7-9-24-10-8-20)15-5-6-16(25-15)21(22)23/h2-6,11,18-19H,7-10H2,1H3. The third kappa shape index (κ3) is 2.81. The second-order valence-corrected chi connectivity index (χ2v) is 6.23. The smallest absolute Gasteiger partial charge is 0.404 e. The maximum absolute atomic E-state index is 11.0. The van der Waals surface area contributed by atoms with Crippen LogP contribution >= 0.6 is 0 Å². The lowest BCUT2D eigenvalue weighted by molar-refractivity contribution is -0.402. The average molecular weight is 341 g/mol. The van der Waals surface area contributed by atoms with Crippen LogP contribution in [0.15, 0.2) is 40.9 Å². The van der Waals surface area contributed by atoms with Crippen molar-refractivity contribution in [3.05, 3.63) is 63.5 Å². The van der Waals surface area contributed by atoms with Crippen LogP contribution in [0, 0.1) is 17.0 Å². The van der Waals surface area contributed by atoms with Gasteiger partial charge in [-0.25, -0.2) is 0 Å². The van der Waals surface area contributed by atoms with Crippen molar-refractivity contribution in [2.45, 2.75) is 13.0 Å². The fourth-order valence-corrected chi connectivity index (χ4v) is 3.51. The number of ether oxygens (including phenoxy) is 1. The molecule has 130 valence electrons. The van der Waals surface area contributed by atoms with Gasteiger partial charge in [-0.2, -0.15) is 0 Å². The van der Waals surface area contributed by atoms with Gasteiger partial charge in [0.05, 0.1) is 25.3 Å². The first-order valence-corrected chi connectivity index (χ1v) is 8.27. The van der Waals surface area contributed by atoms with E-state index in [9.17, 15) is 10.1 Å². The number of para-hydroxylation sites is 1. The summed E-state index contributed by atoms with van der Waals surface area (Å²) >= 11 is 0. The molecule has 3 heterocycles. The molecular weight excluding hydrogens is 322 g/mol. The van der Waals surface area contributed by atoms with Crippen molar-refractivity contribution in [2.24, 2.45) is 0 Å². The van der Waals surface area contributed by atoms with E-state index < -0.39 is 4.92 Å². The lowest BCUT2D eigenvalue weighted by Gasteiger charge is -2.33. The Hall–Kier alpha value is -2.64. The zero-order valence-electron chi connectivity index (χ0n) is 13.9. The Morgan fingerprint density at radius 3 is 2.76 bits per heavy atom. The van der Waals surface area contributed by atoms with Crippen LogP contribution in [-0.4, -0.2) is 41.1 Å². The van der Waals surface area contributed by atoms with E-state index in [0.29, 0.717) is 19.0 Å². The molecular formula is C18H19N3O4. The van der Waals surface area contributed by atoms with Crippen molar-refractivity contribution in [3.8, 4) is 0 Å². The molecule has 0 radical (unpaired) electrons. The molecule has 1 atom stereocenters. The van der Waals surface area contributed by atoms with Gasteiger partial charge in [0.1, 0.15) is 10.7 Å². The van der Waals surface area contributed by atoms with Crippen molar-refractivity contribution in [2.75, 3.05) is 26.3 Å². The van der Waals surface area contributed by atoms with E-state index in [1.165, 1.54) is 6.07 Å². The van der Waals surface area contributed by atoms with E-state index in [1.807, 2.05) is 12.3 Å². The molecule has 7 heteroatoms. The number of fused-ring (bicyclic) bond motifs is 1. The summed E-state index contributed by atoms with van der Waals surface area (Å²) in [5.74, 6) is 0.347. The van der Waals surface area contributed by atoms with Gasteiger partial charge >= 0.3 is 5.88 Å². The summed E-state index contributed by atoms with van der Waals surface area (Å²) < 4.78 is 11.0. The summed E-state index contributed by atoms with van der Waals surface area (Å²) in [7, 11) is 0. The molecule has 4 rings (SSSR count). The molecule has 1 unspecified atom stereocenters. The summed E-state index contributed by atoms with van der Waals surface area (Å²) in [5.41, 5.74) is 3.30. The SMILES string of the molecule is Cc1cccc2c(C(c3ccc([N+](=O)[O-])o3)N3CCOCC3)c[nH]c12. The first-order chi connectivity index (χ1) is 12.1. The van der Waals surface area contributed by atoms with Crippen molar-refractivity contribution >= 4 is 16.8 Å². The lowest BCUT2D eigenvalue weighted by atomic mass is 10.0. The van der Waals surface area contributed by atoms with Crippen LogP contribution in [-0.2, 0) is 4.74 Å². The van der Waals surface area contributed by atoms with Crippen molar-refractivity contribution in [1.29, 1.82) is 0 Å². The Bertz CT molecular complexity index is 908. The van der Waals surface area contributed by atoms with Gasteiger partial charge in [-0.3, -0.25) is 15.0 Å². The fourth-order valence-electron chi connectivity index (χ4n) is 3.51. The summed E-state index contributed by atoms with van der Waals surface area (Å²) in [4.78, 5) is 16.1. The molecule has 0 saturated carbocycles. The van der Waals surface area contributed by atoms with Gasteiger partial charge in [0, 0.05) is 35.8 Å². The molecule has 0 spiro atoms.